The van der Waals surface area contributed by atoms with E-state index in [1.807, 2.05) is 24.3 Å². The summed E-state index contributed by atoms with van der Waals surface area (Å²) in [6.07, 6.45) is 1.09. The van der Waals surface area contributed by atoms with E-state index in [-0.39, 0.29) is 24.3 Å². The van der Waals surface area contributed by atoms with Crippen molar-refractivity contribution in [3.05, 3.63) is 59.7 Å². The maximum atomic E-state index is 12.2. The lowest BCUT2D eigenvalue weighted by Crippen LogP contribution is -2.23. The molecule has 0 atom stereocenters. The molecule has 0 bridgehead atoms. The van der Waals surface area contributed by atoms with Crippen molar-refractivity contribution in [1.29, 1.82) is 0 Å². The summed E-state index contributed by atoms with van der Waals surface area (Å²) in [6.45, 7) is 0.0876. The Morgan fingerprint density at radius 1 is 0.964 bits per heavy atom. The van der Waals surface area contributed by atoms with Crippen molar-refractivity contribution >= 4 is 29.1 Å². The van der Waals surface area contributed by atoms with Crippen LogP contribution >= 0.6 is 0 Å². The van der Waals surface area contributed by atoms with Crippen molar-refractivity contribution in [2.45, 2.75) is 12.8 Å². The van der Waals surface area contributed by atoms with Crippen LogP contribution in [0.4, 0.5) is 11.4 Å². The highest BCUT2D eigenvalue weighted by molar-refractivity contribution is 5.98. The number of amides is 3. The Kier molecular flexibility index (Phi) is 7.56. The molecule has 2 aromatic carbocycles. The van der Waals surface area contributed by atoms with Gasteiger partial charge in [-0.25, -0.2) is 0 Å². The van der Waals surface area contributed by atoms with Crippen LogP contribution in [0, 0.1) is 0 Å². The lowest BCUT2D eigenvalue weighted by Gasteiger charge is -2.11. The summed E-state index contributed by atoms with van der Waals surface area (Å²) in [7, 11) is 5.04. The molecule has 7 nitrogen and oxygen atoms in total. The van der Waals surface area contributed by atoms with Gasteiger partial charge >= 0.3 is 0 Å². The normalized spacial score (nSPS) is 10.1. The summed E-state index contributed by atoms with van der Waals surface area (Å²) in [5, 5.41) is 8.39. The van der Waals surface area contributed by atoms with Crippen LogP contribution in [0.2, 0.25) is 0 Å². The van der Waals surface area contributed by atoms with Crippen LogP contribution in [0.1, 0.15) is 22.3 Å². The molecule has 2 rings (SSSR count). The van der Waals surface area contributed by atoms with Gasteiger partial charge in [-0.2, -0.15) is 0 Å². The van der Waals surface area contributed by atoms with Crippen LogP contribution < -0.4 is 16.0 Å². The first kappa shape index (κ1) is 21.0. The molecular formula is C21H26N4O3. The fraction of sp³-hybridized carbons (Fsp3) is 0.286. The molecule has 0 aromatic heterocycles. The summed E-state index contributed by atoms with van der Waals surface area (Å²) >= 11 is 0. The summed E-state index contributed by atoms with van der Waals surface area (Å²) in [4.78, 5) is 37.1. The van der Waals surface area contributed by atoms with E-state index >= 15 is 0 Å². The first-order valence-electron chi connectivity index (χ1n) is 9.04. The maximum Gasteiger partial charge on any atom is 0.251 e. The Morgan fingerprint density at radius 2 is 1.68 bits per heavy atom. The van der Waals surface area contributed by atoms with Crippen LogP contribution in [-0.2, 0) is 16.0 Å². The molecule has 0 aliphatic rings. The average molecular weight is 382 g/mol. The Labute approximate surface area is 165 Å². The third-order valence-electron chi connectivity index (χ3n) is 4.14. The number of benzene rings is 2. The zero-order valence-corrected chi connectivity index (χ0v) is 16.4. The highest BCUT2D eigenvalue weighted by Crippen LogP contribution is 2.13. The third-order valence-corrected chi connectivity index (χ3v) is 4.14. The van der Waals surface area contributed by atoms with E-state index in [9.17, 15) is 14.4 Å². The molecule has 0 radical (unpaired) electrons. The molecule has 0 aliphatic carbocycles. The lowest BCUT2D eigenvalue weighted by molar-refractivity contribution is -0.128. The predicted octanol–water partition coefficient (Wildman–Crippen LogP) is 2.12. The second-order valence-electron chi connectivity index (χ2n) is 6.55. The monoisotopic (exact) mass is 382 g/mol. The largest absolute Gasteiger partial charge is 0.376 e. The molecule has 2 aromatic rings. The van der Waals surface area contributed by atoms with E-state index in [1.54, 1.807) is 50.3 Å². The summed E-state index contributed by atoms with van der Waals surface area (Å²) in [6, 6.07) is 14.4. The fourth-order valence-electron chi connectivity index (χ4n) is 2.58. The summed E-state index contributed by atoms with van der Waals surface area (Å²) in [5.74, 6) is -0.349. The molecule has 0 saturated heterocycles. The van der Waals surface area contributed by atoms with Crippen molar-refractivity contribution in [3.63, 3.8) is 0 Å². The van der Waals surface area contributed by atoms with E-state index in [4.69, 9.17) is 0 Å². The summed E-state index contributed by atoms with van der Waals surface area (Å²) in [5.41, 5.74) is 2.88. The number of hydrogen-bond acceptors (Lipinski definition) is 4. The first-order valence-corrected chi connectivity index (χ1v) is 9.04. The number of nitrogens with one attached hydrogen (secondary N) is 3. The summed E-state index contributed by atoms with van der Waals surface area (Å²) < 4.78 is 0. The predicted molar refractivity (Wildman–Crippen MR) is 110 cm³/mol. The Morgan fingerprint density at radius 3 is 2.39 bits per heavy atom. The Balaban J connectivity index is 1.88. The molecule has 3 amide bonds. The van der Waals surface area contributed by atoms with Crippen LogP contribution in [0.15, 0.2) is 48.5 Å². The van der Waals surface area contributed by atoms with Gasteiger partial charge in [0.1, 0.15) is 0 Å². The van der Waals surface area contributed by atoms with Gasteiger partial charge in [0.15, 0.2) is 0 Å². The van der Waals surface area contributed by atoms with Gasteiger partial charge in [-0.1, -0.05) is 18.2 Å². The lowest BCUT2D eigenvalue weighted by atomic mass is 10.1. The molecule has 0 fully saturated rings. The number of carbonyl (C=O) groups excluding carboxylic acids is 3. The molecule has 3 N–H and O–H groups in total. The number of hydrogen-bond donors (Lipinski definition) is 3. The molecule has 0 saturated carbocycles. The van der Waals surface area contributed by atoms with Gasteiger partial charge in [-0.3, -0.25) is 14.4 Å². The third kappa shape index (κ3) is 6.42. The number of nitrogens with zero attached hydrogens (tertiary/aromatic N) is 1. The van der Waals surface area contributed by atoms with E-state index in [1.165, 1.54) is 0 Å². The molecule has 0 unspecified atom stereocenters. The van der Waals surface area contributed by atoms with Crippen LogP contribution in [0.25, 0.3) is 0 Å². The number of aryl methyl sites for hydroxylation is 1. The SMILES string of the molecule is CNC(=O)c1cccc(NC(=O)CNc2cccc(CCC(=O)N(C)C)c2)c1. The number of rotatable bonds is 8. The van der Waals surface area contributed by atoms with Gasteiger partial charge in [0.2, 0.25) is 11.8 Å². The molecule has 148 valence electrons. The zero-order valence-electron chi connectivity index (χ0n) is 16.4. The minimum atomic E-state index is -0.220. The van der Waals surface area contributed by atoms with Crippen molar-refractivity contribution in [1.82, 2.24) is 10.2 Å². The smallest absolute Gasteiger partial charge is 0.251 e. The quantitative estimate of drug-likeness (QED) is 0.652. The van der Waals surface area contributed by atoms with Crippen molar-refractivity contribution < 1.29 is 14.4 Å². The van der Waals surface area contributed by atoms with Crippen LogP contribution in [-0.4, -0.2) is 50.3 Å². The zero-order chi connectivity index (χ0) is 20.5. The highest BCUT2D eigenvalue weighted by Gasteiger charge is 2.08. The maximum absolute atomic E-state index is 12.2. The van der Waals surface area contributed by atoms with Gasteiger partial charge < -0.3 is 20.9 Å². The second kappa shape index (κ2) is 10.1. The highest BCUT2D eigenvalue weighted by atomic mass is 16.2. The topological polar surface area (TPSA) is 90.5 Å². The van der Waals surface area contributed by atoms with Gasteiger partial charge in [0.05, 0.1) is 6.54 Å². The molecule has 28 heavy (non-hydrogen) atoms. The van der Waals surface area contributed by atoms with Crippen molar-refractivity contribution in [2.75, 3.05) is 38.3 Å². The Hall–Kier alpha value is -3.35. The second-order valence-corrected chi connectivity index (χ2v) is 6.55. The van der Waals surface area contributed by atoms with Crippen LogP contribution in [0.3, 0.4) is 0 Å². The molecule has 0 aliphatic heterocycles. The molecule has 7 heteroatoms. The van der Waals surface area contributed by atoms with Crippen LogP contribution in [0.5, 0.6) is 0 Å². The van der Waals surface area contributed by atoms with Gasteiger partial charge in [-0.15, -0.1) is 0 Å². The van der Waals surface area contributed by atoms with Crippen molar-refractivity contribution in [2.24, 2.45) is 0 Å². The Bertz CT molecular complexity index is 849. The standard InChI is InChI=1S/C21H26N4O3/c1-22-21(28)16-7-5-9-18(13-16)24-19(26)14-23-17-8-4-6-15(12-17)10-11-20(27)25(2)3/h4-9,12-13,23H,10-11,14H2,1-3H3,(H,22,28)(H,24,26). The van der Waals surface area contributed by atoms with E-state index in [0.717, 1.165) is 11.3 Å². The van der Waals surface area contributed by atoms with Gasteiger partial charge in [0.25, 0.3) is 5.91 Å². The number of carbonyl (C=O) groups is 3. The van der Waals surface area contributed by atoms with E-state index in [2.05, 4.69) is 16.0 Å². The first-order chi connectivity index (χ1) is 13.4. The minimum Gasteiger partial charge on any atom is -0.376 e. The molecule has 0 spiro atoms. The van der Waals surface area contributed by atoms with E-state index < -0.39 is 0 Å². The van der Waals surface area contributed by atoms with Crippen molar-refractivity contribution in [3.8, 4) is 0 Å². The van der Waals surface area contributed by atoms with E-state index in [0.29, 0.717) is 24.1 Å². The molecule has 0 heterocycles. The fourth-order valence-corrected chi connectivity index (χ4v) is 2.58. The molecular weight excluding hydrogens is 356 g/mol. The van der Waals surface area contributed by atoms with Gasteiger partial charge in [0, 0.05) is 44.5 Å². The average Bonchev–Trinajstić information content (AvgIpc) is 2.70. The number of anilines is 2. The van der Waals surface area contributed by atoms with Gasteiger partial charge in [-0.05, 0) is 42.3 Å². The minimum absolute atomic E-state index is 0.0803.